The second-order valence-electron chi connectivity index (χ2n) is 5.95. The highest BCUT2D eigenvalue weighted by Gasteiger charge is 2.25. The first kappa shape index (κ1) is 16.2. The number of carbonyl (C=O) groups is 2. The maximum Gasteiger partial charge on any atom is 0.257 e. The summed E-state index contributed by atoms with van der Waals surface area (Å²) >= 11 is 0. The van der Waals surface area contributed by atoms with Crippen LogP contribution in [0.3, 0.4) is 0 Å². The van der Waals surface area contributed by atoms with Gasteiger partial charge in [0.2, 0.25) is 0 Å². The zero-order valence-corrected chi connectivity index (χ0v) is 13.4. The first-order chi connectivity index (χ1) is 11.5. The molecule has 0 atom stereocenters. The van der Waals surface area contributed by atoms with Gasteiger partial charge in [-0.25, -0.2) is 4.39 Å². The summed E-state index contributed by atoms with van der Waals surface area (Å²) < 4.78 is 14.5. The molecule has 0 spiro atoms. The second kappa shape index (κ2) is 6.82. The Bertz CT molecular complexity index is 733. The molecule has 7 heteroatoms. The van der Waals surface area contributed by atoms with Crippen LogP contribution in [0.2, 0.25) is 0 Å². The van der Waals surface area contributed by atoms with Crippen molar-refractivity contribution in [2.24, 2.45) is 7.05 Å². The molecule has 0 aliphatic carbocycles. The number of amides is 2. The molecule has 1 saturated heterocycles. The molecule has 0 radical (unpaired) electrons. The number of hydrogen-bond donors (Lipinski definition) is 1. The van der Waals surface area contributed by atoms with E-state index in [1.54, 1.807) is 29.0 Å². The Hall–Kier alpha value is -2.70. The number of nitrogens with zero attached hydrogens (tertiary/aromatic N) is 3. The van der Waals surface area contributed by atoms with E-state index in [1.165, 1.54) is 24.3 Å². The lowest BCUT2D eigenvalue weighted by Gasteiger charge is -2.32. The van der Waals surface area contributed by atoms with E-state index in [4.69, 9.17) is 0 Å². The van der Waals surface area contributed by atoms with Crippen LogP contribution in [0.5, 0.6) is 0 Å². The zero-order valence-electron chi connectivity index (χ0n) is 13.4. The molecule has 2 heterocycles. The molecule has 3 rings (SSSR count). The van der Waals surface area contributed by atoms with Gasteiger partial charge in [-0.15, -0.1) is 0 Å². The minimum atomic E-state index is -0.367. The van der Waals surface area contributed by atoms with E-state index in [1.807, 2.05) is 0 Å². The van der Waals surface area contributed by atoms with Crippen LogP contribution in [0.25, 0.3) is 0 Å². The molecule has 1 aliphatic heterocycles. The molecule has 1 N–H and O–H groups in total. The smallest absolute Gasteiger partial charge is 0.257 e. The van der Waals surface area contributed by atoms with E-state index in [9.17, 15) is 14.0 Å². The highest BCUT2D eigenvalue weighted by Crippen LogP contribution is 2.14. The molecule has 24 heavy (non-hydrogen) atoms. The molecule has 0 bridgehead atoms. The first-order valence-corrected chi connectivity index (χ1v) is 7.87. The number of rotatable bonds is 3. The lowest BCUT2D eigenvalue weighted by molar-refractivity contribution is 0.0698. The van der Waals surface area contributed by atoms with E-state index in [-0.39, 0.29) is 23.7 Å². The quantitative estimate of drug-likeness (QED) is 0.929. The number of aromatic nitrogens is 2. The number of likely N-dealkylation sites (tertiary alicyclic amines) is 1. The van der Waals surface area contributed by atoms with Gasteiger partial charge in [-0.3, -0.25) is 14.3 Å². The van der Waals surface area contributed by atoms with Gasteiger partial charge in [-0.1, -0.05) is 0 Å². The summed E-state index contributed by atoms with van der Waals surface area (Å²) in [5.41, 5.74) is 1.01. The highest BCUT2D eigenvalue weighted by atomic mass is 19.1. The lowest BCUT2D eigenvalue weighted by atomic mass is 10.0. The minimum absolute atomic E-state index is 0.0144. The fourth-order valence-corrected chi connectivity index (χ4v) is 2.81. The van der Waals surface area contributed by atoms with E-state index >= 15 is 0 Å². The zero-order chi connectivity index (χ0) is 17.1. The van der Waals surface area contributed by atoms with Gasteiger partial charge >= 0.3 is 0 Å². The number of benzene rings is 1. The van der Waals surface area contributed by atoms with Crippen molar-refractivity contribution in [1.29, 1.82) is 0 Å². The number of halogens is 1. The molecule has 0 unspecified atom stereocenters. The maximum atomic E-state index is 12.9. The molecule has 2 aromatic rings. The van der Waals surface area contributed by atoms with Crippen molar-refractivity contribution in [1.82, 2.24) is 20.0 Å². The molecule has 0 saturated carbocycles. The Balaban J connectivity index is 1.52. The molecule has 6 nitrogen and oxygen atoms in total. The summed E-state index contributed by atoms with van der Waals surface area (Å²) in [5, 5.41) is 6.95. The first-order valence-electron chi connectivity index (χ1n) is 7.87. The van der Waals surface area contributed by atoms with E-state index in [2.05, 4.69) is 10.4 Å². The van der Waals surface area contributed by atoms with E-state index < -0.39 is 0 Å². The largest absolute Gasteiger partial charge is 0.349 e. The van der Waals surface area contributed by atoms with Crippen molar-refractivity contribution in [3.8, 4) is 0 Å². The molecular formula is C17H19FN4O2. The summed E-state index contributed by atoms with van der Waals surface area (Å²) in [6, 6.07) is 5.48. The van der Waals surface area contributed by atoms with Crippen molar-refractivity contribution in [3.05, 3.63) is 53.6 Å². The van der Waals surface area contributed by atoms with Crippen LogP contribution in [0.1, 0.15) is 33.6 Å². The van der Waals surface area contributed by atoms with Crippen LogP contribution in [0, 0.1) is 5.82 Å². The fraction of sp³-hybridized carbons (Fsp3) is 0.353. The number of nitrogens with one attached hydrogen (secondary N) is 1. The normalized spacial score (nSPS) is 15.3. The third-order valence-electron chi connectivity index (χ3n) is 4.18. The van der Waals surface area contributed by atoms with E-state index in [0.717, 1.165) is 0 Å². The molecule has 2 amide bonds. The highest BCUT2D eigenvalue weighted by molar-refractivity contribution is 5.95. The number of hydrogen-bond acceptors (Lipinski definition) is 3. The van der Waals surface area contributed by atoms with Gasteiger partial charge in [0.05, 0.1) is 11.8 Å². The van der Waals surface area contributed by atoms with Crippen molar-refractivity contribution < 1.29 is 14.0 Å². The Morgan fingerprint density at radius 3 is 2.42 bits per heavy atom. The second-order valence-corrected chi connectivity index (χ2v) is 5.95. The predicted molar refractivity (Wildman–Crippen MR) is 86.0 cm³/mol. The average Bonchev–Trinajstić information content (AvgIpc) is 3.02. The van der Waals surface area contributed by atoms with Crippen LogP contribution in [0.15, 0.2) is 36.7 Å². The molecule has 1 aromatic carbocycles. The molecule has 1 fully saturated rings. The third-order valence-corrected chi connectivity index (χ3v) is 4.18. The Labute approximate surface area is 139 Å². The summed E-state index contributed by atoms with van der Waals surface area (Å²) in [7, 11) is 1.77. The topological polar surface area (TPSA) is 67.2 Å². The van der Waals surface area contributed by atoms with Gasteiger partial charge in [-0.05, 0) is 37.1 Å². The monoisotopic (exact) mass is 330 g/mol. The van der Waals surface area contributed by atoms with Gasteiger partial charge in [0.1, 0.15) is 5.82 Å². The lowest BCUT2D eigenvalue weighted by Crippen LogP contribution is -2.46. The van der Waals surface area contributed by atoms with Crippen LogP contribution in [-0.2, 0) is 7.05 Å². The van der Waals surface area contributed by atoms with E-state index in [0.29, 0.717) is 37.1 Å². The predicted octanol–water partition coefficient (Wildman–Crippen LogP) is 1.59. The minimum Gasteiger partial charge on any atom is -0.349 e. The van der Waals surface area contributed by atoms with Gasteiger partial charge in [0.25, 0.3) is 11.8 Å². The van der Waals surface area contributed by atoms with Crippen molar-refractivity contribution in [2.75, 3.05) is 13.1 Å². The summed E-state index contributed by atoms with van der Waals surface area (Å²) in [5.74, 6) is -0.618. The molecular weight excluding hydrogens is 311 g/mol. The Morgan fingerprint density at radius 1 is 1.17 bits per heavy atom. The van der Waals surface area contributed by atoms with Crippen molar-refractivity contribution in [2.45, 2.75) is 18.9 Å². The summed E-state index contributed by atoms with van der Waals surface area (Å²) in [6.45, 7) is 1.17. The number of piperidine rings is 1. The van der Waals surface area contributed by atoms with Crippen molar-refractivity contribution in [3.63, 3.8) is 0 Å². The molecule has 1 aromatic heterocycles. The maximum absolute atomic E-state index is 12.9. The van der Waals surface area contributed by atoms with Gasteiger partial charge in [0.15, 0.2) is 0 Å². The van der Waals surface area contributed by atoms with Gasteiger partial charge < -0.3 is 10.2 Å². The SMILES string of the molecule is Cn1cc(C(=O)N2CCC(NC(=O)c3ccc(F)cc3)CC2)cn1. The summed E-state index contributed by atoms with van der Waals surface area (Å²) in [4.78, 5) is 26.3. The van der Waals surface area contributed by atoms with Gasteiger partial charge in [-0.2, -0.15) is 5.10 Å². The van der Waals surface area contributed by atoms with Crippen LogP contribution in [0.4, 0.5) is 4.39 Å². The van der Waals surface area contributed by atoms with Crippen molar-refractivity contribution >= 4 is 11.8 Å². The van der Waals surface area contributed by atoms with Crippen LogP contribution in [-0.4, -0.2) is 45.6 Å². The van der Waals surface area contributed by atoms with Gasteiger partial charge in [0, 0.05) is 37.9 Å². The Morgan fingerprint density at radius 2 is 1.83 bits per heavy atom. The molecule has 1 aliphatic rings. The van der Waals surface area contributed by atoms with Crippen LogP contribution < -0.4 is 5.32 Å². The number of aryl methyl sites for hydroxylation is 1. The standard InChI is InChI=1S/C17H19FN4O2/c1-21-11-13(10-19-21)17(24)22-8-6-15(7-9-22)20-16(23)12-2-4-14(18)5-3-12/h2-5,10-11,15H,6-9H2,1H3,(H,20,23). The number of carbonyl (C=O) groups excluding carboxylic acids is 2. The average molecular weight is 330 g/mol. The Kier molecular flexibility index (Phi) is 4.59. The molecule has 126 valence electrons. The fourth-order valence-electron chi connectivity index (χ4n) is 2.81. The third kappa shape index (κ3) is 3.61. The van der Waals surface area contributed by atoms with Crippen LogP contribution >= 0.6 is 0 Å². The summed E-state index contributed by atoms with van der Waals surface area (Å²) in [6.07, 6.45) is 4.65.